The Balaban J connectivity index is 1.68. The third-order valence-corrected chi connectivity index (χ3v) is 4.49. The van der Waals surface area contributed by atoms with Crippen LogP contribution in [0.1, 0.15) is 37.8 Å². The van der Waals surface area contributed by atoms with Gasteiger partial charge in [-0.25, -0.2) is 4.79 Å². The van der Waals surface area contributed by atoms with Crippen molar-refractivity contribution in [2.24, 2.45) is 0 Å². The average Bonchev–Trinajstić information content (AvgIpc) is 3.03. The van der Waals surface area contributed by atoms with Gasteiger partial charge in [0.25, 0.3) is 5.56 Å². The van der Waals surface area contributed by atoms with Crippen LogP contribution in [-0.4, -0.2) is 29.1 Å². The van der Waals surface area contributed by atoms with Crippen molar-refractivity contribution in [2.75, 3.05) is 18.0 Å². The van der Waals surface area contributed by atoms with Gasteiger partial charge in [0.05, 0.1) is 0 Å². The molecule has 0 saturated carbocycles. The fraction of sp³-hybridized carbons (Fsp3) is 0.444. The van der Waals surface area contributed by atoms with Gasteiger partial charge in [-0.2, -0.15) is 0 Å². The summed E-state index contributed by atoms with van der Waals surface area (Å²) in [5, 5.41) is 3.74. The van der Waals surface area contributed by atoms with Crippen LogP contribution in [0, 0.1) is 0 Å². The van der Waals surface area contributed by atoms with Gasteiger partial charge < -0.3 is 10.2 Å². The molecule has 2 atom stereocenters. The van der Waals surface area contributed by atoms with Crippen LogP contribution in [0.3, 0.4) is 0 Å². The number of H-pyrrole nitrogens is 2. The third kappa shape index (κ3) is 3.94. The summed E-state index contributed by atoms with van der Waals surface area (Å²) >= 11 is 0. The number of hydrogen-bond acceptors (Lipinski definition) is 4. The Morgan fingerprint density at radius 1 is 1.25 bits per heavy atom. The van der Waals surface area contributed by atoms with Crippen molar-refractivity contribution in [1.29, 1.82) is 0 Å². The van der Waals surface area contributed by atoms with Crippen molar-refractivity contribution in [1.82, 2.24) is 15.3 Å². The van der Waals surface area contributed by atoms with E-state index in [1.54, 1.807) is 0 Å². The van der Waals surface area contributed by atoms with E-state index in [1.807, 2.05) is 6.07 Å². The number of aromatic nitrogens is 2. The SMILES string of the molecule is CCCC(N[C@H]1CCN(c2cc(=O)[nH]c(=O)[nH]2)C1)c1ccccc1. The predicted octanol–water partition coefficient (Wildman–Crippen LogP) is 1.77. The van der Waals surface area contributed by atoms with Gasteiger partial charge in [-0.05, 0) is 18.4 Å². The summed E-state index contributed by atoms with van der Waals surface area (Å²) in [4.78, 5) is 29.9. The minimum atomic E-state index is -0.456. The molecule has 3 N–H and O–H groups in total. The molecule has 24 heavy (non-hydrogen) atoms. The van der Waals surface area contributed by atoms with E-state index in [2.05, 4.69) is 51.4 Å². The van der Waals surface area contributed by atoms with Gasteiger partial charge >= 0.3 is 5.69 Å². The summed E-state index contributed by atoms with van der Waals surface area (Å²) in [6.07, 6.45) is 3.19. The van der Waals surface area contributed by atoms with E-state index in [-0.39, 0.29) is 5.56 Å². The second kappa shape index (κ2) is 7.49. The second-order valence-electron chi connectivity index (χ2n) is 6.32. The summed E-state index contributed by atoms with van der Waals surface area (Å²) in [6, 6.07) is 12.6. The van der Waals surface area contributed by atoms with Gasteiger partial charge in [0.1, 0.15) is 5.82 Å². The maximum atomic E-state index is 11.5. The summed E-state index contributed by atoms with van der Waals surface area (Å²) in [7, 11) is 0. The fourth-order valence-electron chi connectivity index (χ4n) is 3.35. The molecular weight excluding hydrogens is 304 g/mol. The van der Waals surface area contributed by atoms with E-state index < -0.39 is 5.69 Å². The molecule has 0 aliphatic carbocycles. The number of nitrogens with zero attached hydrogens (tertiary/aromatic N) is 1. The Bertz CT molecular complexity index is 740. The first-order chi connectivity index (χ1) is 11.7. The van der Waals surface area contributed by atoms with Crippen LogP contribution in [-0.2, 0) is 0 Å². The molecule has 1 fully saturated rings. The van der Waals surface area contributed by atoms with Crippen molar-refractivity contribution in [3.8, 4) is 0 Å². The van der Waals surface area contributed by atoms with Gasteiger partial charge in [0.2, 0.25) is 0 Å². The maximum absolute atomic E-state index is 11.5. The van der Waals surface area contributed by atoms with Crippen LogP contribution in [0.4, 0.5) is 5.82 Å². The van der Waals surface area contributed by atoms with E-state index in [9.17, 15) is 9.59 Å². The van der Waals surface area contributed by atoms with E-state index >= 15 is 0 Å². The number of rotatable bonds is 6. The van der Waals surface area contributed by atoms with Gasteiger partial charge in [0.15, 0.2) is 0 Å². The molecule has 2 heterocycles. The Morgan fingerprint density at radius 2 is 2.04 bits per heavy atom. The first kappa shape index (κ1) is 16.5. The highest BCUT2D eigenvalue weighted by molar-refractivity contribution is 5.38. The molecular formula is C18H24N4O2. The monoisotopic (exact) mass is 328 g/mol. The highest BCUT2D eigenvalue weighted by atomic mass is 16.2. The minimum Gasteiger partial charge on any atom is -0.356 e. The van der Waals surface area contributed by atoms with Gasteiger partial charge in [-0.15, -0.1) is 0 Å². The molecule has 0 amide bonds. The van der Waals surface area contributed by atoms with Crippen molar-refractivity contribution >= 4 is 5.82 Å². The lowest BCUT2D eigenvalue weighted by molar-refractivity contribution is 0.431. The van der Waals surface area contributed by atoms with Crippen molar-refractivity contribution in [3.63, 3.8) is 0 Å². The van der Waals surface area contributed by atoms with Gasteiger partial charge in [0, 0.05) is 31.2 Å². The van der Waals surface area contributed by atoms with Crippen LogP contribution < -0.4 is 21.5 Å². The molecule has 1 aromatic carbocycles. The first-order valence-corrected chi connectivity index (χ1v) is 8.55. The molecule has 1 aliphatic heterocycles. The highest BCUT2D eigenvalue weighted by Crippen LogP contribution is 2.22. The standard InChI is InChI=1S/C18H24N4O2/c1-2-6-15(13-7-4-3-5-8-13)19-14-9-10-22(12-14)16-11-17(23)21-18(24)20-16/h3-5,7-8,11,14-15,19H,2,6,9-10,12H2,1H3,(H2,20,21,23,24)/t14-,15?/m0/s1. The molecule has 1 unspecified atom stereocenters. The summed E-state index contributed by atoms with van der Waals surface area (Å²) in [6.45, 7) is 3.80. The molecule has 1 saturated heterocycles. The molecule has 6 nitrogen and oxygen atoms in total. The fourth-order valence-corrected chi connectivity index (χ4v) is 3.35. The lowest BCUT2D eigenvalue weighted by atomic mass is 10.0. The second-order valence-corrected chi connectivity index (χ2v) is 6.32. The van der Waals surface area contributed by atoms with E-state index in [4.69, 9.17) is 0 Å². The molecule has 0 spiro atoms. The number of hydrogen-bond donors (Lipinski definition) is 3. The van der Waals surface area contributed by atoms with Crippen LogP contribution in [0.25, 0.3) is 0 Å². The molecule has 0 radical (unpaired) electrons. The van der Waals surface area contributed by atoms with Crippen LogP contribution in [0.2, 0.25) is 0 Å². The number of anilines is 1. The van der Waals surface area contributed by atoms with Crippen LogP contribution >= 0.6 is 0 Å². The minimum absolute atomic E-state index is 0.333. The number of benzene rings is 1. The van der Waals surface area contributed by atoms with E-state index in [1.165, 1.54) is 11.6 Å². The predicted molar refractivity (Wildman–Crippen MR) is 95.5 cm³/mol. The van der Waals surface area contributed by atoms with Crippen LogP contribution in [0.15, 0.2) is 46.0 Å². The average molecular weight is 328 g/mol. The van der Waals surface area contributed by atoms with Gasteiger partial charge in [-0.3, -0.25) is 14.8 Å². The van der Waals surface area contributed by atoms with Crippen molar-refractivity contribution in [2.45, 2.75) is 38.3 Å². The smallest absolute Gasteiger partial charge is 0.327 e. The molecule has 3 rings (SSSR count). The summed E-state index contributed by atoms with van der Waals surface area (Å²) < 4.78 is 0. The van der Waals surface area contributed by atoms with E-state index in [0.717, 1.165) is 32.4 Å². The Kier molecular flexibility index (Phi) is 5.15. The lowest BCUT2D eigenvalue weighted by Crippen LogP contribution is -2.36. The molecule has 2 aromatic rings. The summed E-state index contributed by atoms with van der Waals surface area (Å²) in [5.41, 5.74) is 0.489. The lowest BCUT2D eigenvalue weighted by Gasteiger charge is -2.24. The quantitative estimate of drug-likeness (QED) is 0.755. The van der Waals surface area contributed by atoms with Gasteiger partial charge in [-0.1, -0.05) is 43.7 Å². The number of aromatic amines is 2. The normalized spacial score (nSPS) is 18.7. The third-order valence-electron chi connectivity index (χ3n) is 4.49. The zero-order chi connectivity index (χ0) is 16.9. The summed E-state index contributed by atoms with van der Waals surface area (Å²) in [5.74, 6) is 0.597. The van der Waals surface area contributed by atoms with Crippen molar-refractivity contribution < 1.29 is 0 Å². The van der Waals surface area contributed by atoms with Crippen molar-refractivity contribution in [3.05, 3.63) is 62.8 Å². The first-order valence-electron chi connectivity index (χ1n) is 8.55. The molecule has 1 aliphatic rings. The molecule has 1 aromatic heterocycles. The molecule has 128 valence electrons. The molecule has 0 bridgehead atoms. The van der Waals surface area contributed by atoms with Crippen LogP contribution in [0.5, 0.6) is 0 Å². The Hall–Kier alpha value is -2.34. The maximum Gasteiger partial charge on any atom is 0.327 e. The zero-order valence-corrected chi connectivity index (χ0v) is 13.9. The Morgan fingerprint density at radius 3 is 2.75 bits per heavy atom. The molecule has 6 heteroatoms. The number of nitrogens with one attached hydrogen (secondary N) is 3. The highest BCUT2D eigenvalue weighted by Gasteiger charge is 2.25. The topological polar surface area (TPSA) is 81.0 Å². The largest absolute Gasteiger partial charge is 0.356 e. The van der Waals surface area contributed by atoms with E-state index in [0.29, 0.717) is 17.9 Å². The Labute approximate surface area is 140 Å². The zero-order valence-electron chi connectivity index (χ0n) is 13.9.